The van der Waals surface area contributed by atoms with Gasteiger partial charge < -0.3 is 24.8 Å². The molecule has 0 unspecified atom stereocenters. The number of carbonyl (C=O) groups excluding carboxylic acids is 4. The number of hydrogen-bond acceptors (Lipinski definition) is 7. The van der Waals surface area contributed by atoms with Crippen molar-refractivity contribution in [3.05, 3.63) is 35.9 Å². The molecule has 1 heterocycles. The van der Waals surface area contributed by atoms with Crippen molar-refractivity contribution in [2.45, 2.75) is 25.6 Å². The molecule has 1 saturated heterocycles. The zero-order valence-corrected chi connectivity index (χ0v) is 15.0. The Balaban J connectivity index is 1.85. The molecule has 0 aromatic heterocycles. The first kappa shape index (κ1) is 20.0. The van der Waals surface area contributed by atoms with Gasteiger partial charge in [0.15, 0.2) is 12.8 Å². The Bertz CT molecular complexity index is 695. The third-order valence-electron chi connectivity index (χ3n) is 3.79. The molecule has 10 heteroatoms. The Labute approximate surface area is 155 Å². The number of rotatable bonds is 6. The largest absolute Gasteiger partial charge is 0.467 e. The monoisotopic (exact) mass is 379 g/mol. The van der Waals surface area contributed by atoms with Gasteiger partial charge in [-0.1, -0.05) is 30.3 Å². The standard InChI is InChI=1S/C17H21N3O7/c1-11(14(21)25-2)19-16(23)18-8-13-15(22)27-10-20(13)17(24)26-9-12-6-4-3-5-7-12/h3-7,11,13H,8-10H2,1-2H3,(H2,18,19,23)/t11-,13-/m0/s1. The lowest BCUT2D eigenvalue weighted by atomic mass is 10.2. The Morgan fingerprint density at radius 1 is 1.30 bits per heavy atom. The van der Waals surface area contributed by atoms with E-state index >= 15 is 0 Å². The van der Waals surface area contributed by atoms with Crippen molar-refractivity contribution in [1.82, 2.24) is 15.5 Å². The van der Waals surface area contributed by atoms with Crippen LogP contribution in [0, 0.1) is 0 Å². The third-order valence-corrected chi connectivity index (χ3v) is 3.79. The predicted octanol–water partition coefficient (Wildman–Crippen LogP) is 0.369. The van der Waals surface area contributed by atoms with Crippen LogP contribution in [0.15, 0.2) is 30.3 Å². The summed E-state index contributed by atoms with van der Waals surface area (Å²) in [5.74, 6) is -1.27. The minimum Gasteiger partial charge on any atom is -0.467 e. The third kappa shape index (κ3) is 5.59. The highest BCUT2D eigenvalue weighted by molar-refractivity contribution is 5.86. The van der Waals surface area contributed by atoms with Crippen LogP contribution in [0.5, 0.6) is 0 Å². The summed E-state index contributed by atoms with van der Waals surface area (Å²) < 4.78 is 14.5. The molecule has 1 fully saturated rings. The van der Waals surface area contributed by atoms with Gasteiger partial charge in [0, 0.05) is 0 Å². The second kappa shape index (κ2) is 9.41. The minimum atomic E-state index is -1.02. The van der Waals surface area contributed by atoms with Crippen LogP contribution in [0.1, 0.15) is 12.5 Å². The van der Waals surface area contributed by atoms with Gasteiger partial charge in [-0.05, 0) is 12.5 Å². The smallest absolute Gasteiger partial charge is 0.413 e. The molecule has 1 aliphatic rings. The normalized spacial score (nSPS) is 16.9. The molecule has 10 nitrogen and oxygen atoms in total. The second-order valence-corrected chi connectivity index (χ2v) is 5.72. The van der Waals surface area contributed by atoms with Gasteiger partial charge in [-0.3, -0.25) is 4.90 Å². The van der Waals surface area contributed by atoms with Crippen molar-refractivity contribution >= 4 is 24.1 Å². The lowest BCUT2D eigenvalue weighted by Crippen LogP contribution is -2.50. The van der Waals surface area contributed by atoms with Crippen molar-refractivity contribution in [1.29, 1.82) is 0 Å². The molecule has 0 saturated carbocycles. The van der Waals surface area contributed by atoms with Crippen molar-refractivity contribution in [2.75, 3.05) is 20.4 Å². The number of methoxy groups -OCH3 is 1. The van der Waals surface area contributed by atoms with E-state index in [-0.39, 0.29) is 19.9 Å². The van der Waals surface area contributed by atoms with Gasteiger partial charge in [0.1, 0.15) is 12.6 Å². The molecule has 27 heavy (non-hydrogen) atoms. The molecule has 1 aromatic carbocycles. The van der Waals surface area contributed by atoms with E-state index in [0.29, 0.717) is 0 Å². The number of cyclic esters (lactones) is 1. The Hall–Kier alpha value is -3.30. The van der Waals surface area contributed by atoms with E-state index in [1.54, 1.807) is 12.1 Å². The molecule has 2 N–H and O–H groups in total. The van der Waals surface area contributed by atoms with E-state index in [4.69, 9.17) is 9.47 Å². The molecule has 1 aromatic rings. The molecule has 1 aliphatic heterocycles. The number of nitrogens with zero attached hydrogens (tertiary/aromatic N) is 1. The maximum Gasteiger partial charge on any atom is 0.413 e. The van der Waals surface area contributed by atoms with Crippen LogP contribution in [0.3, 0.4) is 0 Å². The van der Waals surface area contributed by atoms with Crippen molar-refractivity contribution in [3.63, 3.8) is 0 Å². The van der Waals surface area contributed by atoms with Crippen molar-refractivity contribution in [3.8, 4) is 0 Å². The highest BCUT2D eigenvalue weighted by atomic mass is 16.6. The number of benzene rings is 1. The summed E-state index contributed by atoms with van der Waals surface area (Å²) >= 11 is 0. The first-order valence-corrected chi connectivity index (χ1v) is 8.18. The Morgan fingerprint density at radius 2 is 2.00 bits per heavy atom. The van der Waals surface area contributed by atoms with Crippen LogP contribution in [0.2, 0.25) is 0 Å². The van der Waals surface area contributed by atoms with E-state index in [9.17, 15) is 19.2 Å². The first-order chi connectivity index (χ1) is 12.9. The summed E-state index contributed by atoms with van der Waals surface area (Å²) in [6, 6.07) is 6.48. The molecule has 3 amide bonds. The predicted molar refractivity (Wildman–Crippen MR) is 91.2 cm³/mol. The Morgan fingerprint density at radius 3 is 2.67 bits per heavy atom. The number of amides is 3. The fourth-order valence-electron chi connectivity index (χ4n) is 2.30. The SMILES string of the molecule is COC(=O)[C@H](C)NC(=O)NC[C@H]1C(=O)OCN1C(=O)OCc1ccccc1. The molecule has 2 rings (SSSR count). The summed E-state index contributed by atoms with van der Waals surface area (Å²) in [5, 5.41) is 4.76. The molecular weight excluding hydrogens is 358 g/mol. The van der Waals surface area contributed by atoms with Gasteiger partial charge in [0.05, 0.1) is 13.7 Å². The summed E-state index contributed by atoms with van der Waals surface area (Å²) in [6.07, 6.45) is -0.736. The number of esters is 2. The fraction of sp³-hybridized carbons (Fsp3) is 0.412. The summed E-state index contributed by atoms with van der Waals surface area (Å²) in [5.41, 5.74) is 0.795. The van der Waals surface area contributed by atoms with Crippen LogP contribution >= 0.6 is 0 Å². The van der Waals surface area contributed by atoms with Gasteiger partial charge in [0.25, 0.3) is 0 Å². The van der Waals surface area contributed by atoms with E-state index in [1.165, 1.54) is 14.0 Å². The van der Waals surface area contributed by atoms with Crippen LogP contribution in [-0.4, -0.2) is 61.4 Å². The van der Waals surface area contributed by atoms with E-state index in [2.05, 4.69) is 15.4 Å². The minimum absolute atomic E-state index is 0.0433. The maximum absolute atomic E-state index is 12.2. The summed E-state index contributed by atoms with van der Waals surface area (Å²) in [4.78, 5) is 48.2. The van der Waals surface area contributed by atoms with E-state index in [0.717, 1.165) is 10.5 Å². The van der Waals surface area contributed by atoms with Gasteiger partial charge >= 0.3 is 24.1 Å². The van der Waals surface area contributed by atoms with Gasteiger partial charge in [0.2, 0.25) is 0 Å². The molecule has 0 radical (unpaired) electrons. The lowest BCUT2D eigenvalue weighted by Gasteiger charge is -2.20. The highest BCUT2D eigenvalue weighted by Gasteiger charge is 2.39. The summed E-state index contributed by atoms with van der Waals surface area (Å²) in [6.45, 7) is 1.03. The number of hydrogen-bond donors (Lipinski definition) is 2. The van der Waals surface area contributed by atoms with Crippen molar-refractivity contribution in [2.24, 2.45) is 0 Å². The zero-order valence-electron chi connectivity index (χ0n) is 15.0. The summed E-state index contributed by atoms with van der Waals surface area (Å²) in [7, 11) is 1.20. The average Bonchev–Trinajstić information content (AvgIpc) is 3.05. The number of ether oxygens (including phenoxy) is 3. The number of carbonyl (C=O) groups is 4. The topological polar surface area (TPSA) is 123 Å². The van der Waals surface area contributed by atoms with Crippen LogP contribution in [0.25, 0.3) is 0 Å². The van der Waals surface area contributed by atoms with Crippen LogP contribution in [0.4, 0.5) is 9.59 Å². The quantitative estimate of drug-likeness (QED) is 0.541. The molecule has 2 atom stereocenters. The molecule has 0 spiro atoms. The second-order valence-electron chi connectivity index (χ2n) is 5.72. The van der Waals surface area contributed by atoms with Gasteiger partial charge in [-0.25, -0.2) is 19.2 Å². The lowest BCUT2D eigenvalue weighted by molar-refractivity contribution is -0.142. The van der Waals surface area contributed by atoms with E-state index < -0.39 is 36.1 Å². The van der Waals surface area contributed by atoms with Gasteiger partial charge in [-0.2, -0.15) is 0 Å². The van der Waals surface area contributed by atoms with Crippen LogP contribution in [-0.2, 0) is 30.4 Å². The molecule has 0 aliphatic carbocycles. The highest BCUT2D eigenvalue weighted by Crippen LogP contribution is 2.13. The van der Waals surface area contributed by atoms with Crippen LogP contribution < -0.4 is 10.6 Å². The maximum atomic E-state index is 12.2. The molecule has 0 bridgehead atoms. The zero-order chi connectivity index (χ0) is 19.8. The van der Waals surface area contributed by atoms with Gasteiger partial charge in [-0.15, -0.1) is 0 Å². The fourth-order valence-corrected chi connectivity index (χ4v) is 2.30. The number of urea groups is 1. The van der Waals surface area contributed by atoms with Crippen molar-refractivity contribution < 1.29 is 33.4 Å². The molecular formula is C17H21N3O7. The van der Waals surface area contributed by atoms with E-state index in [1.807, 2.05) is 18.2 Å². The first-order valence-electron chi connectivity index (χ1n) is 8.18. The average molecular weight is 379 g/mol. The Kier molecular flexibility index (Phi) is 6.98. The number of nitrogens with one attached hydrogen (secondary N) is 2. The molecule has 146 valence electrons.